The number of carboxylic acid groups (broad SMARTS) is 1. The molecule has 2 aromatic heterocycles. The van der Waals surface area contributed by atoms with Crippen molar-refractivity contribution >= 4 is 17.4 Å². The van der Waals surface area contributed by atoms with Crippen molar-refractivity contribution < 1.29 is 27.9 Å². The second-order valence-corrected chi connectivity index (χ2v) is 9.42. The number of aliphatic carboxylic acids is 1. The Kier molecular flexibility index (Phi) is 5.37. The molecule has 6 rings (SSSR count). The molecule has 1 unspecified atom stereocenters. The lowest BCUT2D eigenvalue weighted by atomic mass is 9.58. The van der Waals surface area contributed by atoms with E-state index < -0.39 is 29.2 Å². The van der Waals surface area contributed by atoms with Gasteiger partial charge in [-0.1, -0.05) is 18.2 Å². The van der Waals surface area contributed by atoms with Crippen LogP contribution in [0, 0.1) is 11.3 Å². The van der Waals surface area contributed by atoms with Gasteiger partial charge in [0.1, 0.15) is 0 Å². The van der Waals surface area contributed by atoms with Crippen LogP contribution in [-0.4, -0.2) is 32.6 Å². The number of carbonyl (C=O) groups excluding carboxylic acids is 1. The summed E-state index contributed by atoms with van der Waals surface area (Å²) in [6, 6.07) is 8.08. The molecule has 2 N–H and O–H groups in total. The number of hydrogen-bond donors (Lipinski definition) is 2. The highest BCUT2D eigenvalue weighted by atomic mass is 19.4. The first-order valence-electron chi connectivity index (χ1n) is 11.3. The van der Waals surface area contributed by atoms with Crippen molar-refractivity contribution in [2.24, 2.45) is 11.3 Å². The molecule has 3 fully saturated rings. The van der Waals surface area contributed by atoms with Gasteiger partial charge in [0.2, 0.25) is 0 Å². The molecular weight excluding hydrogens is 447 g/mol. The Hall–Kier alpha value is -3.36. The third-order valence-corrected chi connectivity index (χ3v) is 7.51. The minimum atomic E-state index is -4.40. The van der Waals surface area contributed by atoms with Crippen molar-refractivity contribution in [1.29, 1.82) is 0 Å². The van der Waals surface area contributed by atoms with Crippen LogP contribution in [0.1, 0.15) is 59.2 Å². The number of halogens is 3. The first-order valence-corrected chi connectivity index (χ1v) is 11.3. The smallest absolute Gasteiger partial charge is 0.416 e. The van der Waals surface area contributed by atoms with Gasteiger partial charge in [-0.25, -0.2) is 4.52 Å². The number of fused-ring (bicyclic) bond motifs is 4. The number of pyridine rings is 1. The number of amides is 1. The molecule has 34 heavy (non-hydrogen) atoms. The average molecular weight is 471 g/mol. The number of alkyl halides is 3. The molecule has 0 aliphatic heterocycles. The molecule has 6 nitrogen and oxygen atoms in total. The standard InChI is InChI=1S/C25H24F3N3O3/c26-25(27,28)18-5-3-15(4-6-18)12-17-2-1-11-31-21(17)19(14-29-31)22(32)30-20-13-16-7-9-24(20,10-8-16)23(33)34/h1-6,11,14,16,20H,7-10,12-13H2,(H,30,32)(H,33,34). The lowest BCUT2D eigenvalue weighted by molar-refractivity contribution is -0.158. The molecule has 9 heteroatoms. The molecule has 3 aliphatic carbocycles. The minimum absolute atomic E-state index is 0.318. The zero-order chi connectivity index (χ0) is 24.1. The average Bonchev–Trinajstić information content (AvgIpc) is 3.25. The molecule has 1 atom stereocenters. The highest BCUT2D eigenvalue weighted by molar-refractivity contribution is 6.02. The number of carbonyl (C=O) groups is 2. The third-order valence-electron chi connectivity index (χ3n) is 7.51. The summed E-state index contributed by atoms with van der Waals surface area (Å²) in [6.07, 6.45) is 2.58. The maximum Gasteiger partial charge on any atom is 0.416 e. The van der Waals surface area contributed by atoms with E-state index in [0.29, 0.717) is 48.2 Å². The number of rotatable bonds is 5. The molecule has 3 saturated carbocycles. The normalized spacial score (nSPS) is 24.3. The van der Waals surface area contributed by atoms with Gasteiger partial charge in [-0.3, -0.25) is 9.59 Å². The van der Waals surface area contributed by atoms with Gasteiger partial charge in [-0.2, -0.15) is 18.3 Å². The lowest BCUT2D eigenvalue weighted by Crippen LogP contribution is -2.58. The van der Waals surface area contributed by atoms with Crippen LogP contribution in [0.5, 0.6) is 0 Å². The SMILES string of the molecule is O=C(NC1CC2CCC1(C(=O)O)CC2)c1cnn2cccc(Cc3ccc(C(F)(F)F)cc3)c12. The van der Waals surface area contributed by atoms with Crippen molar-refractivity contribution in [3.05, 3.63) is 71.0 Å². The number of aromatic nitrogens is 2. The van der Waals surface area contributed by atoms with Crippen LogP contribution in [-0.2, 0) is 17.4 Å². The van der Waals surface area contributed by atoms with Crippen molar-refractivity contribution in [1.82, 2.24) is 14.9 Å². The van der Waals surface area contributed by atoms with E-state index in [1.807, 2.05) is 6.07 Å². The van der Waals surface area contributed by atoms with Gasteiger partial charge in [0, 0.05) is 12.2 Å². The van der Waals surface area contributed by atoms with E-state index in [9.17, 15) is 27.9 Å². The van der Waals surface area contributed by atoms with Gasteiger partial charge in [-0.15, -0.1) is 0 Å². The Morgan fingerprint density at radius 3 is 2.50 bits per heavy atom. The van der Waals surface area contributed by atoms with Crippen LogP contribution in [0.25, 0.3) is 5.52 Å². The van der Waals surface area contributed by atoms with Crippen molar-refractivity contribution in [2.45, 2.75) is 50.7 Å². The van der Waals surface area contributed by atoms with Crippen LogP contribution in [0.2, 0.25) is 0 Å². The summed E-state index contributed by atoms with van der Waals surface area (Å²) < 4.78 is 40.2. The van der Waals surface area contributed by atoms with Crippen LogP contribution < -0.4 is 5.32 Å². The molecular formula is C25H24F3N3O3. The second kappa shape index (κ2) is 8.14. The molecule has 1 aromatic carbocycles. The number of carboxylic acids is 1. The van der Waals surface area contributed by atoms with Gasteiger partial charge in [0.25, 0.3) is 5.91 Å². The van der Waals surface area contributed by atoms with Gasteiger partial charge in [0.15, 0.2) is 0 Å². The van der Waals surface area contributed by atoms with Gasteiger partial charge >= 0.3 is 12.1 Å². The van der Waals surface area contributed by atoms with E-state index in [2.05, 4.69) is 10.4 Å². The van der Waals surface area contributed by atoms with E-state index in [1.54, 1.807) is 16.8 Å². The number of benzene rings is 1. The van der Waals surface area contributed by atoms with Crippen molar-refractivity contribution in [3.8, 4) is 0 Å². The number of nitrogens with zero attached hydrogens (tertiary/aromatic N) is 2. The molecule has 0 saturated heterocycles. The molecule has 2 bridgehead atoms. The Labute approximate surface area is 193 Å². The summed E-state index contributed by atoms with van der Waals surface area (Å²) in [5.74, 6) is -0.822. The largest absolute Gasteiger partial charge is 0.481 e. The van der Waals surface area contributed by atoms with Gasteiger partial charge in [-0.05, 0) is 73.8 Å². The monoisotopic (exact) mass is 471 g/mol. The summed E-state index contributed by atoms with van der Waals surface area (Å²) in [5, 5.41) is 17.2. The van der Waals surface area contributed by atoms with E-state index in [0.717, 1.165) is 30.5 Å². The maximum absolute atomic E-state index is 13.3. The van der Waals surface area contributed by atoms with Crippen LogP contribution in [0.15, 0.2) is 48.8 Å². The zero-order valence-corrected chi connectivity index (χ0v) is 18.3. The molecule has 0 radical (unpaired) electrons. The molecule has 1 amide bonds. The molecule has 0 spiro atoms. The van der Waals surface area contributed by atoms with E-state index in [4.69, 9.17) is 0 Å². The van der Waals surface area contributed by atoms with Gasteiger partial charge < -0.3 is 10.4 Å². The van der Waals surface area contributed by atoms with Gasteiger partial charge in [0.05, 0.1) is 28.3 Å². The lowest BCUT2D eigenvalue weighted by Gasteiger charge is -2.49. The summed E-state index contributed by atoms with van der Waals surface area (Å²) in [6.45, 7) is 0. The predicted molar refractivity (Wildman–Crippen MR) is 117 cm³/mol. The number of hydrogen-bond acceptors (Lipinski definition) is 3. The summed E-state index contributed by atoms with van der Waals surface area (Å²) >= 11 is 0. The fraction of sp³-hybridized carbons (Fsp3) is 0.400. The number of nitrogens with one attached hydrogen (secondary N) is 1. The fourth-order valence-electron chi connectivity index (χ4n) is 5.59. The molecule has 3 aliphatic rings. The zero-order valence-electron chi connectivity index (χ0n) is 18.3. The van der Waals surface area contributed by atoms with E-state index in [-0.39, 0.29) is 5.91 Å². The van der Waals surface area contributed by atoms with Crippen LogP contribution in [0.4, 0.5) is 13.2 Å². The first-order chi connectivity index (χ1) is 16.2. The first kappa shape index (κ1) is 22.4. The van der Waals surface area contributed by atoms with Crippen molar-refractivity contribution in [3.63, 3.8) is 0 Å². The Bertz CT molecular complexity index is 1240. The third kappa shape index (κ3) is 3.82. The van der Waals surface area contributed by atoms with E-state index >= 15 is 0 Å². The van der Waals surface area contributed by atoms with Crippen molar-refractivity contribution in [2.75, 3.05) is 0 Å². The topological polar surface area (TPSA) is 83.7 Å². The van der Waals surface area contributed by atoms with Crippen LogP contribution in [0.3, 0.4) is 0 Å². The molecule has 2 heterocycles. The quantitative estimate of drug-likeness (QED) is 0.565. The Balaban J connectivity index is 1.43. The summed E-state index contributed by atoms with van der Waals surface area (Å²) in [7, 11) is 0. The Morgan fingerprint density at radius 2 is 1.85 bits per heavy atom. The molecule has 3 aromatic rings. The summed E-state index contributed by atoms with van der Waals surface area (Å²) in [4.78, 5) is 25.4. The fourth-order valence-corrected chi connectivity index (χ4v) is 5.59. The minimum Gasteiger partial charge on any atom is -0.481 e. The highest BCUT2D eigenvalue weighted by Gasteiger charge is 2.53. The maximum atomic E-state index is 13.3. The molecule has 178 valence electrons. The highest BCUT2D eigenvalue weighted by Crippen LogP contribution is 2.50. The Morgan fingerprint density at radius 1 is 1.15 bits per heavy atom. The summed E-state index contributed by atoms with van der Waals surface area (Å²) in [5.41, 5.74) is 0.644. The predicted octanol–water partition coefficient (Wildman–Crippen LogP) is 4.71. The van der Waals surface area contributed by atoms with E-state index in [1.165, 1.54) is 18.3 Å². The van der Waals surface area contributed by atoms with Crippen LogP contribution >= 0.6 is 0 Å². The second-order valence-electron chi connectivity index (χ2n) is 9.42.